The Morgan fingerprint density at radius 2 is 1.00 bits per heavy atom. The Morgan fingerprint density at radius 3 is 1.37 bits per heavy atom. The van der Waals surface area contributed by atoms with Gasteiger partial charge in [0.15, 0.2) is 0 Å². The first-order valence-corrected chi connectivity index (χ1v) is 11.5. The van der Waals surface area contributed by atoms with Crippen LogP contribution in [0.1, 0.15) is 96.8 Å². The molecule has 0 unspecified atom stereocenters. The molecule has 0 atom stereocenters. The number of carbonyl (C=O) groups is 3. The van der Waals surface area contributed by atoms with Crippen molar-refractivity contribution in [1.82, 2.24) is 0 Å². The molecule has 0 aliphatic carbocycles. The van der Waals surface area contributed by atoms with E-state index in [9.17, 15) is 14.4 Å². The third-order valence-electron chi connectivity index (χ3n) is 5.46. The highest BCUT2D eigenvalue weighted by molar-refractivity contribution is 5.67. The number of hydrogen-bond acceptors (Lipinski definition) is 3. The predicted molar refractivity (Wildman–Crippen MR) is 117 cm³/mol. The van der Waals surface area contributed by atoms with Gasteiger partial charge in [0.05, 0.1) is 45.1 Å². The molecule has 0 amide bonds. The maximum Gasteiger partial charge on any atom is 0.309 e. The Balaban J connectivity index is 4.46. The van der Waals surface area contributed by atoms with E-state index in [4.69, 9.17) is 15.3 Å². The number of aliphatic carboxylic acids is 3. The first kappa shape index (κ1) is 28.1. The van der Waals surface area contributed by atoms with Crippen molar-refractivity contribution in [2.45, 2.75) is 96.8 Å². The molecule has 0 heterocycles. The Labute approximate surface area is 181 Å². The monoisotopic (exact) mass is 428 g/mol. The second kappa shape index (κ2) is 17.9. The first-order valence-electron chi connectivity index (χ1n) is 11.5. The molecule has 0 saturated carbocycles. The second-order valence-electron chi connectivity index (χ2n) is 8.18. The lowest BCUT2D eigenvalue weighted by molar-refractivity contribution is -0.878. The number of nitrogens with zero attached hydrogens (tertiary/aromatic N) is 1. The van der Waals surface area contributed by atoms with E-state index in [0.29, 0.717) is 0 Å². The Kier molecular flexibility index (Phi) is 16.8. The van der Waals surface area contributed by atoms with Gasteiger partial charge in [0.25, 0.3) is 0 Å². The van der Waals surface area contributed by atoms with Crippen molar-refractivity contribution in [1.29, 1.82) is 0 Å². The normalized spacial score (nSPS) is 11.8. The summed E-state index contributed by atoms with van der Waals surface area (Å²) >= 11 is 0. The molecule has 0 aromatic heterocycles. The van der Waals surface area contributed by atoms with Crippen LogP contribution in [0.15, 0.2) is 12.3 Å². The fraction of sp³-hybridized carbons (Fsp3) is 0.783. The molecule has 7 nitrogen and oxygen atoms in total. The molecule has 0 aliphatic rings. The van der Waals surface area contributed by atoms with Crippen LogP contribution in [0.3, 0.4) is 0 Å². The number of unbranched alkanes of at least 4 members (excludes halogenated alkanes) is 10. The molecule has 0 fully saturated rings. The van der Waals surface area contributed by atoms with E-state index < -0.39 is 17.9 Å². The SMILES string of the molecule is CCCCCCCCCCCC/C=C/[N+](CCC(=O)O)(CCC(=O)O)CCC(=O)O. The van der Waals surface area contributed by atoms with Crippen molar-refractivity contribution in [3.05, 3.63) is 12.3 Å². The van der Waals surface area contributed by atoms with Crippen LogP contribution in [-0.2, 0) is 14.4 Å². The quantitative estimate of drug-likeness (QED) is 0.174. The summed E-state index contributed by atoms with van der Waals surface area (Å²) in [6.07, 6.45) is 16.8. The maximum absolute atomic E-state index is 11.0. The van der Waals surface area contributed by atoms with E-state index in [0.717, 1.165) is 19.3 Å². The average molecular weight is 429 g/mol. The van der Waals surface area contributed by atoms with Crippen molar-refractivity contribution < 1.29 is 34.2 Å². The smallest absolute Gasteiger partial charge is 0.309 e. The van der Waals surface area contributed by atoms with Gasteiger partial charge in [-0.2, -0.15) is 0 Å². The number of rotatable bonds is 21. The van der Waals surface area contributed by atoms with E-state index >= 15 is 0 Å². The van der Waals surface area contributed by atoms with Gasteiger partial charge in [-0.3, -0.25) is 18.9 Å². The van der Waals surface area contributed by atoms with Crippen LogP contribution in [0, 0.1) is 0 Å². The van der Waals surface area contributed by atoms with Crippen LogP contribution in [0.2, 0.25) is 0 Å². The number of carboxylic acid groups (broad SMARTS) is 3. The summed E-state index contributed by atoms with van der Waals surface area (Å²) in [5, 5.41) is 27.1. The molecule has 0 bridgehead atoms. The van der Waals surface area contributed by atoms with Crippen molar-refractivity contribution in [3.63, 3.8) is 0 Å². The molecule has 7 heteroatoms. The van der Waals surface area contributed by atoms with Crippen LogP contribution in [-0.4, -0.2) is 57.3 Å². The minimum atomic E-state index is -0.966. The molecule has 0 saturated heterocycles. The summed E-state index contributed by atoms with van der Waals surface area (Å²) in [5.41, 5.74) is 0. The predicted octanol–water partition coefficient (Wildman–Crippen LogP) is 5.05. The van der Waals surface area contributed by atoms with Gasteiger partial charge in [-0.1, -0.05) is 64.7 Å². The minimum absolute atomic E-state index is 0.0860. The Hall–Kier alpha value is -1.89. The number of hydrogen-bond donors (Lipinski definition) is 3. The van der Waals surface area contributed by atoms with Crippen molar-refractivity contribution in [3.8, 4) is 0 Å². The second-order valence-corrected chi connectivity index (χ2v) is 8.18. The molecule has 0 aromatic rings. The Bertz CT molecular complexity index is 472. The fourth-order valence-electron chi connectivity index (χ4n) is 3.56. The van der Waals surface area contributed by atoms with Crippen LogP contribution < -0.4 is 0 Å². The lowest BCUT2D eigenvalue weighted by Gasteiger charge is -2.34. The van der Waals surface area contributed by atoms with Crippen LogP contribution in [0.5, 0.6) is 0 Å². The van der Waals surface area contributed by atoms with Gasteiger partial charge in [0, 0.05) is 0 Å². The van der Waals surface area contributed by atoms with E-state index in [2.05, 4.69) is 6.92 Å². The third kappa shape index (κ3) is 17.0. The van der Waals surface area contributed by atoms with Gasteiger partial charge >= 0.3 is 17.9 Å². The number of allylic oxidation sites excluding steroid dienone is 1. The molecule has 174 valence electrons. The van der Waals surface area contributed by atoms with Crippen molar-refractivity contribution in [2.24, 2.45) is 0 Å². The largest absolute Gasteiger partial charge is 0.481 e. The lowest BCUT2D eigenvalue weighted by Crippen LogP contribution is -2.47. The highest BCUT2D eigenvalue weighted by Gasteiger charge is 2.27. The number of quaternary nitrogens is 1. The molecule has 0 aliphatic heterocycles. The molecule has 30 heavy (non-hydrogen) atoms. The molecule has 3 N–H and O–H groups in total. The zero-order valence-corrected chi connectivity index (χ0v) is 18.7. The molecule has 0 radical (unpaired) electrons. The molecule has 0 aromatic carbocycles. The molecular weight excluding hydrogens is 386 g/mol. The summed E-state index contributed by atoms with van der Waals surface area (Å²) in [4.78, 5) is 33.1. The summed E-state index contributed by atoms with van der Waals surface area (Å²) in [5.74, 6) is -2.90. The zero-order chi connectivity index (χ0) is 22.7. The summed E-state index contributed by atoms with van der Waals surface area (Å²) in [6.45, 7) is 2.82. The molecule has 0 rings (SSSR count). The summed E-state index contributed by atoms with van der Waals surface area (Å²) in [6, 6.07) is 0. The van der Waals surface area contributed by atoms with Gasteiger partial charge in [0.1, 0.15) is 0 Å². The van der Waals surface area contributed by atoms with Gasteiger partial charge in [0.2, 0.25) is 0 Å². The zero-order valence-electron chi connectivity index (χ0n) is 18.7. The van der Waals surface area contributed by atoms with Crippen molar-refractivity contribution in [2.75, 3.05) is 19.6 Å². The fourth-order valence-corrected chi connectivity index (χ4v) is 3.56. The van der Waals surface area contributed by atoms with Crippen LogP contribution in [0.4, 0.5) is 0 Å². The molecule has 0 spiro atoms. The third-order valence-corrected chi connectivity index (χ3v) is 5.46. The minimum Gasteiger partial charge on any atom is -0.481 e. The Morgan fingerprint density at radius 1 is 0.633 bits per heavy atom. The number of carboxylic acids is 3. The van der Waals surface area contributed by atoms with Gasteiger partial charge in [-0.05, 0) is 18.9 Å². The van der Waals surface area contributed by atoms with E-state index in [-0.39, 0.29) is 43.4 Å². The maximum atomic E-state index is 11.0. The average Bonchev–Trinajstić information content (AvgIpc) is 2.69. The lowest BCUT2D eigenvalue weighted by atomic mass is 10.1. The molecular formula is C23H42NO6+. The van der Waals surface area contributed by atoms with Gasteiger partial charge in [-0.15, -0.1) is 0 Å². The van der Waals surface area contributed by atoms with E-state index in [1.54, 1.807) is 0 Å². The van der Waals surface area contributed by atoms with Gasteiger partial charge < -0.3 is 15.3 Å². The van der Waals surface area contributed by atoms with E-state index in [1.165, 1.54) is 51.4 Å². The standard InChI is InChI=1S/C23H41NO6/c1-2-3-4-5-6-7-8-9-10-11-12-13-17-24(18-14-21(25)26,19-15-22(27)28)20-16-23(29)30/h13,17H,2-12,14-16,18-20H2,1H3,(H2-,25,26,27,28,29,30)/p+1/b17-13+. The van der Waals surface area contributed by atoms with Gasteiger partial charge in [-0.25, -0.2) is 0 Å². The van der Waals surface area contributed by atoms with E-state index in [1.807, 2.05) is 12.3 Å². The van der Waals surface area contributed by atoms with Crippen LogP contribution in [0.25, 0.3) is 0 Å². The highest BCUT2D eigenvalue weighted by Crippen LogP contribution is 2.16. The topological polar surface area (TPSA) is 112 Å². The summed E-state index contributed by atoms with van der Waals surface area (Å²) < 4.78 is 0.0860. The van der Waals surface area contributed by atoms with Crippen LogP contribution >= 0.6 is 0 Å². The van der Waals surface area contributed by atoms with Crippen molar-refractivity contribution >= 4 is 17.9 Å². The highest BCUT2D eigenvalue weighted by atomic mass is 16.4. The first-order chi connectivity index (χ1) is 14.3. The summed E-state index contributed by atoms with van der Waals surface area (Å²) in [7, 11) is 0.